The SMILES string of the molecule is O=C(Cc1ccc(Nc2ncc(F)c(Nc3ccc(C(=O)Nc4ccccc4Cl)cc3)n2)cc1)NCCCNc1cccc2c1C(=O)N(C1CCC(=O)NC1=O)C2=O. The second-order valence-electron chi connectivity index (χ2n) is 13.3. The van der Waals surface area contributed by atoms with Gasteiger partial charge in [0.05, 0.1) is 34.5 Å². The van der Waals surface area contributed by atoms with Crippen LogP contribution in [0.25, 0.3) is 0 Å². The number of carbonyl (C=O) groups is 6. The number of imide groups is 2. The van der Waals surface area contributed by atoms with Gasteiger partial charge >= 0.3 is 0 Å². The molecule has 294 valence electrons. The zero-order chi connectivity index (χ0) is 40.8. The Hall–Kier alpha value is -7.20. The van der Waals surface area contributed by atoms with Gasteiger partial charge < -0.3 is 26.6 Å². The van der Waals surface area contributed by atoms with Crippen molar-refractivity contribution in [3.05, 3.63) is 130 Å². The van der Waals surface area contributed by atoms with Gasteiger partial charge in [-0.2, -0.15) is 4.98 Å². The van der Waals surface area contributed by atoms with E-state index in [-0.39, 0.29) is 54.0 Å². The minimum Gasteiger partial charge on any atom is -0.384 e. The van der Waals surface area contributed by atoms with Crippen molar-refractivity contribution >= 4 is 81.6 Å². The van der Waals surface area contributed by atoms with Gasteiger partial charge in [0, 0.05) is 42.1 Å². The average molecular weight is 804 g/mol. The van der Waals surface area contributed by atoms with E-state index >= 15 is 0 Å². The van der Waals surface area contributed by atoms with E-state index in [0.717, 1.165) is 16.7 Å². The summed E-state index contributed by atoms with van der Waals surface area (Å²) < 4.78 is 14.7. The summed E-state index contributed by atoms with van der Waals surface area (Å²) in [5, 5.41) is 17.3. The lowest BCUT2D eigenvalue weighted by molar-refractivity contribution is -0.136. The standard InChI is InChI=1S/C41H35ClFN9O6/c42-28-6-1-2-7-30(28)49-37(55)24-11-15-25(16-12-24)47-36-29(43)22-46-41(51-36)48-26-13-9-23(10-14-26)21-34(54)45-20-4-19-44-31-8-3-5-27-35(31)40(58)52(39(27)57)32-17-18-33(53)50-38(32)56/h1-3,5-16,22,32,44H,4,17-21H2,(H,45,54)(H,49,55)(H,50,53,56)(H2,46,47,48,51). The number of halogens is 2. The molecule has 0 aliphatic carbocycles. The lowest BCUT2D eigenvalue weighted by Crippen LogP contribution is -2.54. The molecule has 1 atom stereocenters. The Morgan fingerprint density at radius 3 is 2.33 bits per heavy atom. The number of para-hydroxylation sites is 1. The predicted molar refractivity (Wildman–Crippen MR) is 214 cm³/mol. The number of amides is 6. The number of aromatic nitrogens is 2. The van der Waals surface area contributed by atoms with Gasteiger partial charge in [0.2, 0.25) is 23.7 Å². The van der Waals surface area contributed by atoms with E-state index in [4.69, 9.17) is 11.6 Å². The van der Waals surface area contributed by atoms with Gasteiger partial charge in [-0.25, -0.2) is 9.37 Å². The molecule has 0 bridgehead atoms. The normalized spacial score (nSPS) is 14.7. The molecule has 17 heteroatoms. The third-order valence-electron chi connectivity index (χ3n) is 9.31. The first kappa shape index (κ1) is 39.1. The molecule has 0 saturated carbocycles. The molecule has 3 heterocycles. The molecule has 6 amide bonds. The van der Waals surface area contributed by atoms with Crippen molar-refractivity contribution in [1.29, 1.82) is 0 Å². The molecular weight excluding hydrogens is 769 g/mol. The highest BCUT2D eigenvalue weighted by Gasteiger charge is 2.45. The van der Waals surface area contributed by atoms with E-state index in [1.807, 2.05) is 0 Å². The van der Waals surface area contributed by atoms with Crippen LogP contribution in [0, 0.1) is 5.82 Å². The highest BCUT2D eigenvalue weighted by molar-refractivity contribution is 6.34. The quantitative estimate of drug-likeness (QED) is 0.0605. The summed E-state index contributed by atoms with van der Waals surface area (Å²) in [7, 11) is 0. The van der Waals surface area contributed by atoms with Crippen molar-refractivity contribution in [3.63, 3.8) is 0 Å². The van der Waals surface area contributed by atoms with E-state index in [9.17, 15) is 33.2 Å². The maximum atomic E-state index is 14.7. The lowest BCUT2D eigenvalue weighted by Gasteiger charge is -2.27. The van der Waals surface area contributed by atoms with Crippen LogP contribution in [-0.2, 0) is 20.8 Å². The molecule has 1 saturated heterocycles. The van der Waals surface area contributed by atoms with E-state index in [0.29, 0.717) is 52.8 Å². The molecule has 58 heavy (non-hydrogen) atoms. The van der Waals surface area contributed by atoms with Gasteiger partial charge in [0.15, 0.2) is 11.6 Å². The maximum Gasteiger partial charge on any atom is 0.264 e. The molecule has 2 aliphatic heterocycles. The smallest absolute Gasteiger partial charge is 0.264 e. The predicted octanol–water partition coefficient (Wildman–Crippen LogP) is 5.57. The number of benzene rings is 4. The lowest BCUT2D eigenvalue weighted by atomic mass is 10.0. The van der Waals surface area contributed by atoms with Crippen LogP contribution in [0.15, 0.2) is 97.2 Å². The number of hydrogen-bond acceptors (Lipinski definition) is 11. The minimum absolute atomic E-state index is 0.0341. The topological polar surface area (TPSA) is 204 Å². The summed E-state index contributed by atoms with van der Waals surface area (Å²) in [5.41, 5.74) is 3.49. The number of nitrogens with one attached hydrogen (secondary N) is 6. The van der Waals surface area contributed by atoms with Crippen molar-refractivity contribution in [2.24, 2.45) is 0 Å². The van der Waals surface area contributed by atoms with E-state index in [1.165, 1.54) is 6.07 Å². The average Bonchev–Trinajstić information content (AvgIpc) is 3.47. The second kappa shape index (κ2) is 17.3. The summed E-state index contributed by atoms with van der Waals surface area (Å²) in [6, 6.07) is 24.1. The number of rotatable bonds is 14. The Balaban J connectivity index is 0.856. The van der Waals surface area contributed by atoms with Crippen LogP contribution in [0.1, 0.15) is 55.9 Å². The van der Waals surface area contributed by atoms with Crippen LogP contribution < -0.4 is 31.9 Å². The Bertz CT molecular complexity index is 2430. The van der Waals surface area contributed by atoms with Crippen LogP contribution in [0.5, 0.6) is 0 Å². The third kappa shape index (κ3) is 8.92. The van der Waals surface area contributed by atoms with Crippen molar-refractivity contribution in [1.82, 2.24) is 25.5 Å². The first-order chi connectivity index (χ1) is 28.0. The molecule has 1 fully saturated rings. The number of carbonyl (C=O) groups excluding carboxylic acids is 6. The zero-order valence-electron chi connectivity index (χ0n) is 30.6. The molecule has 7 rings (SSSR count). The van der Waals surface area contributed by atoms with Crippen molar-refractivity contribution in [3.8, 4) is 0 Å². The fourth-order valence-corrected chi connectivity index (χ4v) is 6.58. The van der Waals surface area contributed by atoms with Crippen LogP contribution in [-0.4, -0.2) is 69.4 Å². The molecule has 15 nitrogen and oxygen atoms in total. The number of piperidine rings is 1. The Morgan fingerprint density at radius 1 is 0.845 bits per heavy atom. The van der Waals surface area contributed by atoms with Crippen LogP contribution in [0.3, 0.4) is 0 Å². The molecule has 5 aromatic rings. The molecule has 1 aromatic heterocycles. The summed E-state index contributed by atoms with van der Waals surface area (Å²) in [6.45, 7) is 0.729. The number of fused-ring (bicyclic) bond motifs is 1. The molecule has 2 aliphatic rings. The van der Waals surface area contributed by atoms with Gasteiger partial charge in [0.25, 0.3) is 17.7 Å². The van der Waals surface area contributed by atoms with Crippen molar-refractivity contribution in [2.75, 3.05) is 34.4 Å². The Labute approximate surface area is 335 Å². The number of hydrogen-bond donors (Lipinski definition) is 6. The van der Waals surface area contributed by atoms with Crippen molar-refractivity contribution < 1.29 is 33.2 Å². The minimum atomic E-state index is -1.05. The maximum absolute atomic E-state index is 14.7. The van der Waals surface area contributed by atoms with Crippen LogP contribution in [0.2, 0.25) is 5.02 Å². The highest BCUT2D eigenvalue weighted by Crippen LogP contribution is 2.32. The Kier molecular flexibility index (Phi) is 11.6. The summed E-state index contributed by atoms with van der Waals surface area (Å²) in [6.07, 6.45) is 1.76. The molecule has 4 aromatic carbocycles. The fourth-order valence-electron chi connectivity index (χ4n) is 6.40. The third-order valence-corrected chi connectivity index (χ3v) is 9.64. The monoisotopic (exact) mass is 803 g/mol. The molecular formula is C41H35ClFN9O6. The first-order valence-corrected chi connectivity index (χ1v) is 18.6. The fraction of sp³-hybridized carbons (Fsp3) is 0.171. The largest absolute Gasteiger partial charge is 0.384 e. The summed E-state index contributed by atoms with van der Waals surface area (Å²) in [5.74, 6) is -3.49. The second-order valence-corrected chi connectivity index (χ2v) is 13.7. The molecule has 6 N–H and O–H groups in total. The van der Waals surface area contributed by atoms with Gasteiger partial charge in [-0.05, 0) is 79.1 Å². The Morgan fingerprint density at radius 2 is 1.57 bits per heavy atom. The molecule has 0 radical (unpaired) electrons. The zero-order valence-corrected chi connectivity index (χ0v) is 31.4. The summed E-state index contributed by atoms with van der Waals surface area (Å²) >= 11 is 6.13. The highest BCUT2D eigenvalue weighted by atomic mass is 35.5. The van der Waals surface area contributed by atoms with Crippen molar-refractivity contribution in [2.45, 2.75) is 31.7 Å². The van der Waals surface area contributed by atoms with Crippen LogP contribution in [0.4, 0.5) is 38.9 Å². The van der Waals surface area contributed by atoms with Gasteiger partial charge in [-0.1, -0.05) is 41.9 Å². The van der Waals surface area contributed by atoms with E-state index < -0.39 is 35.5 Å². The summed E-state index contributed by atoms with van der Waals surface area (Å²) in [4.78, 5) is 84.8. The number of nitrogens with zero attached hydrogens (tertiary/aromatic N) is 3. The van der Waals surface area contributed by atoms with Crippen LogP contribution >= 0.6 is 11.6 Å². The molecule has 0 spiro atoms. The van der Waals surface area contributed by atoms with E-state index in [1.54, 1.807) is 84.9 Å². The van der Waals surface area contributed by atoms with Gasteiger partial charge in [-0.15, -0.1) is 0 Å². The van der Waals surface area contributed by atoms with Gasteiger partial charge in [0.1, 0.15) is 6.04 Å². The molecule has 1 unspecified atom stereocenters. The van der Waals surface area contributed by atoms with E-state index in [2.05, 4.69) is 41.9 Å². The van der Waals surface area contributed by atoms with Gasteiger partial charge in [-0.3, -0.25) is 39.0 Å². The first-order valence-electron chi connectivity index (χ1n) is 18.2. The number of anilines is 6.